The largest absolute Gasteiger partial charge is 0.329 e. The molecule has 1 heterocycles. The quantitative estimate of drug-likeness (QED) is 0.740. The van der Waals surface area contributed by atoms with Gasteiger partial charge in [0.25, 0.3) is 0 Å². The summed E-state index contributed by atoms with van der Waals surface area (Å²) < 4.78 is 15.2. The highest BCUT2D eigenvalue weighted by Gasteiger charge is 2.39. The SMILES string of the molecule is Cc1ccc(C2CC(=O)C3=C(C2)NC(=O)CC3c2cc(Br)ccc2F)cc1. The molecule has 27 heavy (non-hydrogen) atoms. The summed E-state index contributed by atoms with van der Waals surface area (Å²) in [6.07, 6.45) is 1.05. The Bertz CT molecular complexity index is 965. The van der Waals surface area contributed by atoms with E-state index in [0.717, 1.165) is 15.6 Å². The first-order valence-corrected chi connectivity index (χ1v) is 9.79. The average Bonchev–Trinajstić information content (AvgIpc) is 2.63. The summed E-state index contributed by atoms with van der Waals surface area (Å²) in [6, 6.07) is 12.8. The van der Waals surface area contributed by atoms with Gasteiger partial charge in [-0.25, -0.2) is 4.39 Å². The predicted molar refractivity (Wildman–Crippen MR) is 105 cm³/mol. The summed E-state index contributed by atoms with van der Waals surface area (Å²) in [5, 5.41) is 2.88. The molecular formula is C22H19BrFNO2. The van der Waals surface area contributed by atoms with Gasteiger partial charge in [0.15, 0.2) is 5.78 Å². The minimum absolute atomic E-state index is 0.00815. The van der Waals surface area contributed by atoms with Gasteiger partial charge in [0.05, 0.1) is 0 Å². The molecule has 0 fully saturated rings. The normalized spacial score (nSPS) is 22.5. The number of carbonyl (C=O) groups excluding carboxylic acids is 2. The van der Waals surface area contributed by atoms with Crippen LogP contribution in [0.15, 0.2) is 58.2 Å². The number of carbonyl (C=O) groups is 2. The molecule has 4 rings (SSSR count). The summed E-state index contributed by atoms with van der Waals surface area (Å²) in [5.41, 5.74) is 3.86. The number of halogens is 2. The zero-order valence-electron chi connectivity index (χ0n) is 14.9. The summed E-state index contributed by atoms with van der Waals surface area (Å²) >= 11 is 3.36. The highest BCUT2D eigenvalue weighted by atomic mass is 79.9. The van der Waals surface area contributed by atoms with Gasteiger partial charge < -0.3 is 5.32 Å². The number of allylic oxidation sites excluding steroid dienone is 2. The molecule has 1 aliphatic heterocycles. The van der Waals surface area contributed by atoms with Gasteiger partial charge in [-0.05, 0) is 48.6 Å². The van der Waals surface area contributed by atoms with Crippen molar-refractivity contribution in [3.63, 3.8) is 0 Å². The molecule has 1 N–H and O–H groups in total. The van der Waals surface area contributed by atoms with Crippen LogP contribution in [0, 0.1) is 12.7 Å². The fraction of sp³-hybridized carbons (Fsp3) is 0.273. The minimum Gasteiger partial charge on any atom is -0.329 e. The van der Waals surface area contributed by atoms with E-state index in [4.69, 9.17) is 0 Å². The van der Waals surface area contributed by atoms with E-state index in [-0.39, 0.29) is 24.0 Å². The van der Waals surface area contributed by atoms with Crippen molar-refractivity contribution in [2.45, 2.75) is 38.0 Å². The molecule has 0 saturated carbocycles. The third-order valence-corrected chi connectivity index (χ3v) is 5.91. The molecule has 0 bridgehead atoms. The Morgan fingerprint density at radius 2 is 1.78 bits per heavy atom. The Kier molecular flexibility index (Phi) is 4.72. The predicted octanol–water partition coefficient (Wildman–Crippen LogP) is 4.90. The van der Waals surface area contributed by atoms with Crippen molar-refractivity contribution in [3.05, 3.63) is 80.7 Å². The first-order valence-electron chi connectivity index (χ1n) is 9.00. The molecule has 0 saturated heterocycles. The molecule has 2 aromatic carbocycles. The summed E-state index contributed by atoms with van der Waals surface area (Å²) in [6.45, 7) is 2.02. The van der Waals surface area contributed by atoms with Gasteiger partial charge in [-0.3, -0.25) is 9.59 Å². The Labute approximate surface area is 165 Å². The van der Waals surface area contributed by atoms with Crippen LogP contribution in [0.4, 0.5) is 4.39 Å². The number of hydrogen-bond acceptors (Lipinski definition) is 2. The maximum Gasteiger partial charge on any atom is 0.225 e. The molecule has 1 amide bonds. The van der Waals surface area contributed by atoms with Gasteiger partial charge in [0, 0.05) is 34.5 Å². The fourth-order valence-electron chi connectivity index (χ4n) is 4.08. The van der Waals surface area contributed by atoms with Crippen LogP contribution in [0.2, 0.25) is 0 Å². The monoisotopic (exact) mass is 427 g/mol. The van der Waals surface area contributed by atoms with Gasteiger partial charge in [0.1, 0.15) is 5.82 Å². The molecular weight excluding hydrogens is 409 g/mol. The van der Waals surface area contributed by atoms with Crippen LogP contribution in [0.1, 0.15) is 47.8 Å². The molecule has 5 heteroatoms. The average molecular weight is 428 g/mol. The lowest BCUT2D eigenvalue weighted by molar-refractivity contribution is -0.122. The van der Waals surface area contributed by atoms with Crippen LogP contribution in [0.5, 0.6) is 0 Å². The topological polar surface area (TPSA) is 46.2 Å². The van der Waals surface area contributed by atoms with Crippen molar-refractivity contribution in [3.8, 4) is 0 Å². The van der Waals surface area contributed by atoms with Crippen molar-refractivity contribution in [2.75, 3.05) is 0 Å². The smallest absolute Gasteiger partial charge is 0.225 e. The first kappa shape index (κ1) is 18.1. The van der Waals surface area contributed by atoms with Crippen molar-refractivity contribution in [1.82, 2.24) is 5.32 Å². The summed E-state index contributed by atoms with van der Waals surface area (Å²) in [7, 11) is 0. The molecule has 2 aliphatic rings. The third-order valence-electron chi connectivity index (χ3n) is 5.42. The van der Waals surface area contributed by atoms with Crippen molar-refractivity contribution < 1.29 is 14.0 Å². The minimum atomic E-state index is -0.530. The van der Waals surface area contributed by atoms with Crippen LogP contribution in [0.3, 0.4) is 0 Å². The second-order valence-corrected chi connectivity index (χ2v) is 8.22. The van der Waals surface area contributed by atoms with E-state index in [9.17, 15) is 14.0 Å². The summed E-state index contributed by atoms with van der Waals surface area (Å²) in [5.74, 6) is -1.07. The Morgan fingerprint density at radius 3 is 2.52 bits per heavy atom. The molecule has 1 aliphatic carbocycles. The van der Waals surface area contributed by atoms with Gasteiger partial charge in [0.2, 0.25) is 5.91 Å². The molecule has 0 spiro atoms. The third kappa shape index (κ3) is 3.48. The van der Waals surface area contributed by atoms with E-state index in [1.807, 2.05) is 31.2 Å². The fourth-order valence-corrected chi connectivity index (χ4v) is 4.46. The van der Waals surface area contributed by atoms with E-state index in [0.29, 0.717) is 29.7 Å². The number of rotatable bonds is 2. The van der Waals surface area contributed by atoms with Crippen LogP contribution >= 0.6 is 15.9 Å². The van der Waals surface area contributed by atoms with Gasteiger partial charge in [-0.15, -0.1) is 0 Å². The molecule has 0 radical (unpaired) electrons. The zero-order chi connectivity index (χ0) is 19.1. The van der Waals surface area contributed by atoms with E-state index in [2.05, 4.69) is 21.2 Å². The van der Waals surface area contributed by atoms with Gasteiger partial charge >= 0.3 is 0 Å². The van der Waals surface area contributed by atoms with Crippen LogP contribution in [-0.2, 0) is 9.59 Å². The number of Topliss-reactive ketones (excluding diaryl/α,β-unsaturated/α-hetero) is 1. The number of amides is 1. The van der Waals surface area contributed by atoms with Crippen molar-refractivity contribution in [1.29, 1.82) is 0 Å². The maximum absolute atomic E-state index is 14.5. The lowest BCUT2D eigenvalue weighted by atomic mass is 9.73. The number of benzene rings is 2. The van der Waals surface area contributed by atoms with Crippen LogP contribution in [-0.4, -0.2) is 11.7 Å². The van der Waals surface area contributed by atoms with Gasteiger partial charge in [-0.1, -0.05) is 45.8 Å². The Morgan fingerprint density at radius 1 is 1.04 bits per heavy atom. The molecule has 2 unspecified atom stereocenters. The van der Waals surface area contributed by atoms with Gasteiger partial charge in [-0.2, -0.15) is 0 Å². The van der Waals surface area contributed by atoms with E-state index >= 15 is 0 Å². The number of aryl methyl sites for hydroxylation is 1. The van der Waals surface area contributed by atoms with E-state index < -0.39 is 11.7 Å². The molecule has 2 aromatic rings. The molecule has 3 nitrogen and oxygen atoms in total. The van der Waals surface area contributed by atoms with E-state index in [1.54, 1.807) is 12.1 Å². The van der Waals surface area contributed by atoms with E-state index in [1.165, 1.54) is 6.07 Å². The number of ketones is 1. The Hall–Kier alpha value is -2.27. The van der Waals surface area contributed by atoms with Crippen molar-refractivity contribution >= 4 is 27.6 Å². The zero-order valence-corrected chi connectivity index (χ0v) is 16.5. The second-order valence-electron chi connectivity index (χ2n) is 7.30. The number of hydrogen-bond donors (Lipinski definition) is 1. The highest BCUT2D eigenvalue weighted by Crippen LogP contribution is 2.43. The highest BCUT2D eigenvalue weighted by molar-refractivity contribution is 9.10. The molecule has 138 valence electrons. The number of nitrogens with one attached hydrogen (secondary N) is 1. The maximum atomic E-state index is 14.5. The van der Waals surface area contributed by atoms with Crippen LogP contribution < -0.4 is 5.32 Å². The molecule has 0 aromatic heterocycles. The lowest BCUT2D eigenvalue weighted by Crippen LogP contribution is -2.38. The Balaban J connectivity index is 1.74. The van der Waals surface area contributed by atoms with Crippen LogP contribution in [0.25, 0.3) is 0 Å². The standard InChI is InChI=1S/C22H19BrFNO2/c1-12-2-4-13(5-3-12)14-8-19-22(20(26)9-14)17(11-21(27)25-19)16-10-15(23)6-7-18(16)24/h2-7,10,14,17H,8-9,11H2,1H3,(H,25,27). The lowest BCUT2D eigenvalue weighted by Gasteiger charge is -2.34. The molecule has 2 atom stereocenters. The first-order chi connectivity index (χ1) is 12.9. The second kappa shape index (κ2) is 7.04. The van der Waals surface area contributed by atoms with Crippen molar-refractivity contribution in [2.24, 2.45) is 0 Å². The summed E-state index contributed by atoms with van der Waals surface area (Å²) in [4.78, 5) is 25.3.